The van der Waals surface area contributed by atoms with Crippen LogP contribution >= 0.6 is 0 Å². The van der Waals surface area contributed by atoms with Gasteiger partial charge >= 0.3 is 0 Å². The van der Waals surface area contributed by atoms with Gasteiger partial charge in [-0.05, 0) is 48.4 Å². The van der Waals surface area contributed by atoms with E-state index in [2.05, 4.69) is 32.7 Å². The predicted molar refractivity (Wildman–Crippen MR) is 125 cm³/mol. The molecule has 3 aromatic carbocycles. The molecule has 6 nitrogen and oxygen atoms in total. The Kier molecular flexibility index (Phi) is 6.28. The predicted octanol–water partition coefficient (Wildman–Crippen LogP) is 4.62. The molecule has 1 aromatic heterocycles. The summed E-state index contributed by atoms with van der Waals surface area (Å²) in [5.41, 5.74) is 3.64. The van der Waals surface area contributed by atoms with E-state index in [0.29, 0.717) is 23.8 Å². The van der Waals surface area contributed by atoms with Gasteiger partial charge in [0.1, 0.15) is 5.75 Å². The van der Waals surface area contributed by atoms with Gasteiger partial charge < -0.3 is 15.0 Å². The Balaban J connectivity index is 1.51. The molecule has 0 atom stereocenters. The van der Waals surface area contributed by atoms with Crippen molar-refractivity contribution in [1.82, 2.24) is 10.3 Å². The fraction of sp³-hybridized carbons (Fsp3) is 0.120. The van der Waals surface area contributed by atoms with Crippen LogP contribution in [-0.2, 0) is 6.42 Å². The van der Waals surface area contributed by atoms with E-state index in [4.69, 9.17) is 4.74 Å². The Morgan fingerprint density at radius 1 is 1.00 bits per heavy atom. The summed E-state index contributed by atoms with van der Waals surface area (Å²) in [6.07, 6.45) is 2.76. The maximum absolute atomic E-state index is 12.8. The van der Waals surface area contributed by atoms with Gasteiger partial charge in [0.15, 0.2) is 0 Å². The van der Waals surface area contributed by atoms with Crippen LogP contribution in [0.2, 0.25) is 0 Å². The molecule has 0 aliphatic rings. The normalized spacial score (nSPS) is 11.3. The first-order valence-electron chi connectivity index (χ1n) is 10.1. The smallest absolute Gasteiger partial charge is 0.258 e. The lowest BCUT2D eigenvalue weighted by Gasteiger charge is -2.12. The van der Waals surface area contributed by atoms with E-state index in [9.17, 15) is 4.79 Å². The second kappa shape index (κ2) is 9.63. The summed E-state index contributed by atoms with van der Waals surface area (Å²) < 4.78 is 5.22. The molecule has 4 rings (SSSR count). The summed E-state index contributed by atoms with van der Waals surface area (Å²) in [6.45, 7) is 0.523. The van der Waals surface area contributed by atoms with Crippen LogP contribution < -0.4 is 15.4 Å². The SMILES string of the molecule is COc1cccc(C(=O)NC(=NCCc2c[nH]c3ccccc23)Nc2ccccc2)c1. The van der Waals surface area contributed by atoms with Gasteiger partial charge in [-0.15, -0.1) is 0 Å². The molecule has 0 aliphatic carbocycles. The fourth-order valence-corrected chi connectivity index (χ4v) is 3.34. The first-order valence-corrected chi connectivity index (χ1v) is 10.1. The third kappa shape index (κ3) is 5.11. The zero-order chi connectivity index (χ0) is 21.5. The third-order valence-corrected chi connectivity index (χ3v) is 4.93. The standard InChI is InChI=1S/C25H24N4O2/c1-31-21-11-7-8-18(16-21)24(30)29-25(28-20-9-3-2-4-10-20)26-15-14-19-17-27-23-13-6-5-12-22(19)23/h2-13,16-17,27H,14-15H2,1H3,(H2,26,28,29,30). The quantitative estimate of drug-likeness (QED) is 0.319. The van der Waals surface area contributed by atoms with Crippen molar-refractivity contribution in [2.24, 2.45) is 4.99 Å². The molecule has 1 heterocycles. The summed E-state index contributed by atoms with van der Waals surface area (Å²) in [5.74, 6) is 0.772. The molecule has 4 aromatic rings. The number of ether oxygens (including phenoxy) is 1. The number of carbonyl (C=O) groups excluding carboxylic acids is 1. The van der Waals surface area contributed by atoms with Crippen molar-refractivity contribution < 1.29 is 9.53 Å². The summed E-state index contributed by atoms with van der Waals surface area (Å²) in [6, 6.07) is 24.8. The number of fused-ring (bicyclic) bond motifs is 1. The molecule has 0 saturated heterocycles. The van der Waals surface area contributed by atoms with Crippen LogP contribution in [-0.4, -0.2) is 30.5 Å². The highest BCUT2D eigenvalue weighted by Gasteiger charge is 2.11. The van der Waals surface area contributed by atoms with Gasteiger partial charge in [-0.25, -0.2) is 0 Å². The molecular weight excluding hydrogens is 388 g/mol. The Labute approximate surface area is 181 Å². The lowest BCUT2D eigenvalue weighted by molar-refractivity contribution is 0.0976. The number of guanidine groups is 1. The molecule has 0 saturated carbocycles. The number of H-pyrrole nitrogens is 1. The number of nitrogens with zero attached hydrogens (tertiary/aromatic N) is 1. The topological polar surface area (TPSA) is 78.5 Å². The van der Waals surface area contributed by atoms with Crippen molar-refractivity contribution in [3.05, 3.63) is 96.2 Å². The first-order chi connectivity index (χ1) is 15.2. The average molecular weight is 412 g/mol. The van der Waals surface area contributed by atoms with Gasteiger partial charge in [0.05, 0.1) is 7.11 Å². The minimum Gasteiger partial charge on any atom is -0.497 e. The number of carbonyl (C=O) groups is 1. The van der Waals surface area contributed by atoms with Crippen LogP contribution in [0.3, 0.4) is 0 Å². The molecule has 0 unspecified atom stereocenters. The molecule has 156 valence electrons. The van der Waals surface area contributed by atoms with E-state index in [-0.39, 0.29) is 5.91 Å². The second-order valence-corrected chi connectivity index (χ2v) is 7.02. The van der Waals surface area contributed by atoms with E-state index in [0.717, 1.165) is 17.6 Å². The molecule has 0 fully saturated rings. The van der Waals surface area contributed by atoms with E-state index >= 15 is 0 Å². The molecular formula is C25H24N4O2. The number of aliphatic imine (C=N–C) groups is 1. The number of hydrogen-bond acceptors (Lipinski definition) is 3. The van der Waals surface area contributed by atoms with Crippen LogP contribution in [0, 0.1) is 0 Å². The van der Waals surface area contributed by atoms with Gasteiger partial charge in [0.25, 0.3) is 5.91 Å². The zero-order valence-electron chi connectivity index (χ0n) is 17.3. The second-order valence-electron chi connectivity index (χ2n) is 7.02. The summed E-state index contributed by atoms with van der Waals surface area (Å²) in [4.78, 5) is 20.7. The van der Waals surface area contributed by atoms with Crippen molar-refractivity contribution in [2.75, 3.05) is 19.0 Å². The van der Waals surface area contributed by atoms with Crippen molar-refractivity contribution in [1.29, 1.82) is 0 Å². The molecule has 0 bridgehead atoms. The van der Waals surface area contributed by atoms with E-state index < -0.39 is 0 Å². The van der Waals surface area contributed by atoms with Crippen LogP contribution in [0.4, 0.5) is 5.69 Å². The lowest BCUT2D eigenvalue weighted by atomic mass is 10.1. The van der Waals surface area contributed by atoms with Gasteiger partial charge in [-0.2, -0.15) is 0 Å². The first kappa shape index (κ1) is 20.2. The number of methoxy groups -OCH3 is 1. The van der Waals surface area contributed by atoms with Gasteiger partial charge in [0.2, 0.25) is 5.96 Å². The van der Waals surface area contributed by atoms with Gasteiger partial charge in [-0.1, -0.05) is 42.5 Å². The number of anilines is 1. The lowest BCUT2D eigenvalue weighted by Crippen LogP contribution is -2.36. The fourth-order valence-electron chi connectivity index (χ4n) is 3.34. The summed E-state index contributed by atoms with van der Waals surface area (Å²) in [7, 11) is 1.57. The Morgan fingerprint density at radius 2 is 1.81 bits per heavy atom. The van der Waals surface area contributed by atoms with Crippen molar-refractivity contribution in [2.45, 2.75) is 6.42 Å². The summed E-state index contributed by atoms with van der Waals surface area (Å²) >= 11 is 0. The number of aromatic nitrogens is 1. The number of benzene rings is 3. The van der Waals surface area contributed by atoms with E-state index in [1.165, 1.54) is 10.9 Å². The third-order valence-electron chi connectivity index (χ3n) is 4.93. The van der Waals surface area contributed by atoms with E-state index in [1.54, 1.807) is 31.4 Å². The van der Waals surface area contributed by atoms with Crippen molar-refractivity contribution in [3.63, 3.8) is 0 Å². The molecule has 3 N–H and O–H groups in total. The Morgan fingerprint density at radius 3 is 2.65 bits per heavy atom. The molecule has 0 aliphatic heterocycles. The summed E-state index contributed by atoms with van der Waals surface area (Å²) in [5, 5.41) is 7.28. The number of amides is 1. The minimum absolute atomic E-state index is 0.256. The minimum atomic E-state index is -0.256. The highest BCUT2D eigenvalue weighted by Crippen LogP contribution is 2.18. The van der Waals surface area contributed by atoms with Crippen LogP contribution in [0.15, 0.2) is 90.1 Å². The molecule has 0 radical (unpaired) electrons. The average Bonchev–Trinajstić information content (AvgIpc) is 3.23. The molecule has 1 amide bonds. The zero-order valence-corrected chi connectivity index (χ0v) is 17.3. The largest absolute Gasteiger partial charge is 0.497 e. The Bertz CT molecular complexity index is 1200. The maximum Gasteiger partial charge on any atom is 0.258 e. The maximum atomic E-state index is 12.8. The molecule has 31 heavy (non-hydrogen) atoms. The van der Waals surface area contributed by atoms with Crippen LogP contribution in [0.25, 0.3) is 10.9 Å². The number of nitrogens with one attached hydrogen (secondary N) is 3. The monoisotopic (exact) mass is 412 g/mol. The molecule has 0 spiro atoms. The Hall–Kier alpha value is -4.06. The van der Waals surface area contributed by atoms with Gasteiger partial charge in [0, 0.05) is 34.9 Å². The van der Waals surface area contributed by atoms with Crippen LogP contribution in [0.5, 0.6) is 5.75 Å². The number of hydrogen-bond donors (Lipinski definition) is 3. The van der Waals surface area contributed by atoms with E-state index in [1.807, 2.05) is 48.7 Å². The number of para-hydroxylation sites is 2. The van der Waals surface area contributed by atoms with Crippen LogP contribution in [0.1, 0.15) is 15.9 Å². The van der Waals surface area contributed by atoms with Crippen molar-refractivity contribution >= 4 is 28.5 Å². The number of aromatic amines is 1. The molecule has 6 heteroatoms. The highest BCUT2D eigenvalue weighted by molar-refractivity contribution is 6.10. The number of rotatable bonds is 6. The highest BCUT2D eigenvalue weighted by atomic mass is 16.5. The van der Waals surface area contributed by atoms with Gasteiger partial charge in [-0.3, -0.25) is 15.1 Å². The van der Waals surface area contributed by atoms with Crippen molar-refractivity contribution in [3.8, 4) is 5.75 Å².